The van der Waals surface area contributed by atoms with Crippen LogP contribution in [0.5, 0.6) is 0 Å². The number of fused-ring (bicyclic) bond motifs is 1. The van der Waals surface area contributed by atoms with Crippen molar-refractivity contribution < 1.29 is 4.92 Å². The molecule has 100 valence electrons. The van der Waals surface area contributed by atoms with Gasteiger partial charge in [-0.15, -0.1) is 10.2 Å². The number of rotatable bonds is 4. The van der Waals surface area contributed by atoms with Crippen molar-refractivity contribution in [3.63, 3.8) is 0 Å². The van der Waals surface area contributed by atoms with Gasteiger partial charge in [-0.3, -0.25) is 10.1 Å². The number of tetrazole rings is 1. The lowest BCUT2D eigenvalue weighted by Crippen LogP contribution is -2.05. The van der Waals surface area contributed by atoms with Gasteiger partial charge < -0.3 is 5.32 Å². The number of benzene rings is 1. The summed E-state index contributed by atoms with van der Waals surface area (Å²) < 4.78 is 0. The summed E-state index contributed by atoms with van der Waals surface area (Å²) >= 11 is 0. The van der Waals surface area contributed by atoms with Crippen molar-refractivity contribution in [3.05, 3.63) is 46.4 Å². The van der Waals surface area contributed by atoms with E-state index in [1.807, 2.05) is 6.07 Å². The van der Waals surface area contributed by atoms with Crippen LogP contribution in [0.3, 0.4) is 0 Å². The predicted octanol–water partition coefficient (Wildman–Crippen LogP) is 1.27. The van der Waals surface area contributed by atoms with Crippen LogP contribution in [-0.4, -0.2) is 30.5 Å². The second kappa shape index (κ2) is 4.88. The number of nitro groups is 1. The fourth-order valence-electron chi connectivity index (χ4n) is 1.88. The van der Waals surface area contributed by atoms with Crippen LogP contribution in [0.1, 0.15) is 5.82 Å². The second-order valence-electron chi connectivity index (χ2n) is 3.97. The van der Waals surface area contributed by atoms with Gasteiger partial charge in [0.2, 0.25) is 0 Å². The molecule has 0 amide bonds. The van der Waals surface area contributed by atoms with Gasteiger partial charge in [0.25, 0.3) is 0 Å². The van der Waals surface area contributed by atoms with Crippen LogP contribution < -0.4 is 5.32 Å². The topological polar surface area (TPSA) is 123 Å². The first-order valence-corrected chi connectivity index (χ1v) is 5.74. The minimum Gasteiger partial charge on any atom is -0.371 e. The quantitative estimate of drug-likeness (QED) is 0.541. The van der Waals surface area contributed by atoms with Crippen molar-refractivity contribution in [1.29, 1.82) is 0 Å². The highest BCUT2D eigenvalue weighted by molar-refractivity contribution is 5.95. The summed E-state index contributed by atoms with van der Waals surface area (Å²) in [6, 6.07) is 7.18. The normalized spacial score (nSPS) is 10.6. The van der Waals surface area contributed by atoms with E-state index in [0.717, 1.165) is 0 Å². The van der Waals surface area contributed by atoms with Crippen molar-refractivity contribution in [2.24, 2.45) is 0 Å². The molecule has 0 spiro atoms. The fraction of sp³-hybridized carbons (Fsp3) is 0.0909. The lowest BCUT2D eigenvalue weighted by atomic mass is 10.1. The Kier molecular flexibility index (Phi) is 2.92. The van der Waals surface area contributed by atoms with Crippen LogP contribution >= 0.6 is 0 Å². The van der Waals surface area contributed by atoms with Crippen LogP contribution in [0.2, 0.25) is 0 Å². The van der Waals surface area contributed by atoms with E-state index in [9.17, 15) is 10.1 Å². The summed E-state index contributed by atoms with van der Waals surface area (Å²) in [6.45, 7) is 0.228. The Hall–Kier alpha value is -3.10. The maximum Gasteiger partial charge on any atom is 0.311 e. The highest BCUT2D eigenvalue weighted by Crippen LogP contribution is 2.31. The van der Waals surface area contributed by atoms with E-state index in [0.29, 0.717) is 22.4 Å². The Morgan fingerprint density at radius 1 is 1.35 bits per heavy atom. The van der Waals surface area contributed by atoms with E-state index < -0.39 is 4.92 Å². The smallest absolute Gasteiger partial charge is 0.311 e. The molecule has 2 N–H and O–H groups in total. The summed E-state index contributed by atoms with van der Waals surface area (Å²) in [6.07, 6.45) is 1.24. The van der Waals surface area contributed by atoms with Crippen LogP contribution in [0.4, 0.5) is 11.4 Å². The Morgan fingerprint density at radius 2 is 2.20 bits per heavy atom. The first-order chi connectivity index (χ1) is 9.75. The maximum atomic E-state index is 11.1. The van der Waals surface area contributed by atoms with E-state index in [1.165, 1.54) is 6.20 Å². The van der Waals surface area contributed by atoms with Gasteiger partial charge in [-0.2, -0.15) is 5.21 Å². The molecular formula is C11H9N7O2. The molecule has 0 aliphatic rings. The molecule has 0 bridgehead atoms. The molecule has 3 rings (SSSR count). The third-order valence-corrected chi connectivity index (χ3v) is 2.76. The fourth-order valence-corrected chi connectivity index (χ4v) is 1.88. The standard InChI is InChI=1S/C11H9N7O2/c19-18(20)9-5-12-8-4-2-1-3-7(8)11(9)13-6-10-14-16-17-15-10/h1-5H,6H2,(H,12,13)(H,14,15,16,17). The number of nitrogens with zero attached hydrogens (tertiary/aromatic N) is 5. The van der Waals surface area contributed by atoms with Gasteiger partial charge in [0.1, 0.15) is 11.9 Å². The zero-order valence-electron chi connectivity index (χ0n) is 10.1. The van der Waals surface area contributed by atoms with Crippen molar-refractivity contribution >= 4 is 22.3 Å². The zero-order chi connectivity index (χ0) is 13.9. The number of para-hydroxylation sites is 1. The van der Waals surface area contributed by atoms with Gasteiger partial charge in [-0.05, 0) is 6.07 Å². The highest BCUT2D eigenvalue weighted by atomic mass is 16.6. The largest absolute Gasteiger partial charge is 0.371 e. The minimum absolute atomic E-state index is 0.0906. The van der Waals surface area contributed by atoms with Gasteiger partial charge in [-0.1, -0.05) is 23.4 Å². The molecule has 2 heterocycles. The molecule has 9 heteroatoms. The molecule has 0 atom stereocenters. The van der Waals surface area contributed by atoms with E-state index in [1.54, 1.807) is 18.2 Å². The number of H-pyrrole nitrogens is 1. The number of pyridine rings is 1. The van der Waals surface area contributed by atoms with E-state index >= 15 is 0 Å². The lowest BCUT2D eigenvalue weighted by molar-refractivity contribution is -0.384. The molecule has 2 aromatic heterocycles. The molecule has 0 saturated carbocycles. The Morgan fingerprint density at radius 3 is 2.95 bits per heavy atom. The van der Waals surface area contributed by atoms with Crippen LogP contribution in [0.15, 0.2) is 30.5 Å². The molecule has 0 aliphatic heterocycles. The van der Waals surface area contributed by atoms with Gasteiger partial charge >= 0.3 is 5.69 Å². The maximum absolute atomic E-state index is 11.1. The zero-order valence-corrected chi connectivity index (χ0v) is 10.1. The molecule has 3 aromatic rings. The molecule has 0 saturated heterocycles. The number of hydrogen-bond acceptors (Lipinski definition) is 7. The number of nitrogens with one attached hydrogen (secondary N) is 2. The van der Waals surface area contributed by atoms with Gasteiger partial charge in [-0.25, -0.2) is 4.98 Å². The van der Waals surface area contributed by atoms with Gasteiger partial charge in [0.05, 0.1) is 17.0 Å². The summed E-state index contributed by atoms with van der Waals surface area (Å²) in [7, 11) is 0. The van der Waals surface area contributed by atoms with Crippen molar-refractivity contribution in [2.45, 2.75) is 6.54 Å². The molecule has 0 aliphatic carbocycles. The highest BCUT2D eigenvalue weighted by Gasteiger charge is 2.18. The third kappa shape index (κ3) is 2.11. The summed E-state index contributed by atoms with van der Waals surface area (Å²) in [5.41, 5.74) is 0.978. The number of aromatic amines is 1. The average Bonchev–Trinajstić information content (AvgIpc) is 2.97. The molecule has 0 radical (unpaired) electrons. The van der Waals surface area contributed by atoms with Crippen molar-refractivity contribution in [1.82, 2.24) is 25.6 Å². The van der Waals surface area contributed by atoms with E-state index in [4.69, 9.17) is 0 Å². The first kappa shape index (κ1) is 12.0. The number of anilines is 1. The predicted molar refractivity (Wildman–Crippen MR) is 69.9 cm³/mol. The molecule has 1 aromatic carbocycles. The lowest BCUT2D eigenvalue weighted by Gasteiger charge is -2.08. The second-order valence-corrected chi connectivity index (χ2v) is 3.97. The Bertz CT molecular complexity index is 757. The van der Waals surface area contributed by atoms with Crippen LogP contribution in [0.25, 0.3) is 10.9 Å². The Labute approximate surface area is 112 Å². The number of hydrogen-bond donors (Lipinski definition) is 2. The number of aromatic nitrogens is 5. The first-order valence-electron chi connectivity index (χ1n) is 5.74. The minimum atomic E-state index is -0.474. The van der Waals surface area contributed by atoms with E-state index in [2.05, 4.69) is 30.9 Å². The summed E-state index contributed by atoms with van der Waals surface area (Å²) in [5, 5.41) is 28.1. The Balaban J connectivity index is 2.05. The van der Waals surface area contributed by atoms with Crippen LogP contribution in [0, 0.1) is 10.1 Å². The molecule has 0 fully saturated rings. The monoisotopic (exact) mass is 271 g/mol. The summed E-state index contributed by atoms with van der Waals surface area (Å²) in [4.78, 5) is 14.7. The molecule has 20 heavy (non-hydrogen) atoms. The average molecular weight is 271 g/mol. The third-order valence-electron chi connectivity index (χ3n) is 2.76. The van der Waals surface area contributed by atoms with Gasteiger partial charge in [0, 0.05) is 5.39 Å². The molecule has 9 nitrogen and oxygen atoms in total. The molecular weight excluding hydrogens is 262 g/mol. The van der Waals surface area contributed by atoms with Crippen molar-refractivity contribution in [3.8, 4) is 0 Å². The van der Waals surface area contributed by atoms with Crippen LogP contribution in [-0.2, 0) is 6.54 Å². The van der Waals surface area contributed by atoms with Crippen molar-refractivity contribution in [2.75, 3.05) is 5.32 Å². The molecule has 0 unspecified atom stereocenters. The van der Waals surface area contributed by atoms with E-state index in [-0.39, 0.29) is 12.2 Å². The SMILES string of the molecule is O=[N+]([O-])c1cnc2ccccc2c1NCc1nn[nH]n1. The summed E-state index contributed by atoms with van der Waals surface area (Å²) in [5.74, 6) is 0.417. The van der Waals surface area contributed by atoms with Gasteiger partial charge in [0.15, 0.2) is 5.82 Å².